The summed E-state index contributed by atoms with van der Waals surface area (Å²) in [5, 5.41) is 3.56. The zero-order chi connectivity index (χ0) is 25.6. The SMILES string of the molecule is Cc1ccc2c(n1)CCCC21CNCC1C(=O)N1CCC(c2ccccc2)CC1C1CCCC(F)(F)C1. The first-order valence-electron chi connectivity index (χ1n) is 14.3. The molecule has 6 heteroatoms. The normalized spacial score (nSPS) is 33.3. The Hall–Kier alpha value is -2.34. The van der Waals surface area contributed by atoms with Crippen molar-refractivity contribution in [3.63, 3.8) is 0 Å². The summed E-state index contributed by atoms with van der Waals surface area (Å²) in [5.74, 6) is -2.46. The van der Waals surface area contributed by atoms with E-state index < -0.39 is 5.92 Å². The molecule has 1 amide bonds. The number of piperidine rings is 1. The van der Waals surface area contributed by atoms with E-state index in [9.17, 15) is 13.6 Å². The lowest BCUT2D eigenvalue weighted by molar-refractivity contribution is -0.145. The third-order valence-electron chi connectivity index (χ3n) is 9.86. The molecule has 198 valence electrons. The quantitative estimate of drug-likeness (QED) is 0.573. The van der Waals surface area contributed by atoms with Gasteiger partial charge in [0.2, 0.25) is 11.8 Å². The molecule has 5 unspecified atom stereocenters. The molecule has 6 rings (SSSR count). The van der Waals surface area contributed by atoms with Crippen molar-refractivity contribution < 1.29 is 13.6 Å². The van der Waals surface area contributed by atoms with Gasteiger partial charge >= 0.3 is 0 Å². The highest BCUT2D eigenvalue weighted by atomic mass is 19.3. The number of nitrogens with one attached hydrogen (secondary N) is 1. The van der Waals surface area contributed by atoms with Crippen LogP contribution in [0.5, 0.6) is 0 Å². The molecule has 1 aromatic heterocycles. The smallest absolute Gasteiger partial charge is 0.248 e. The minimum atomic E-state index is -2.63. The molecular formula is C31H39F2N3O. The number of alkyl halides is 2. The lowest BCUT2D eigenvalue weighted by Gasteiger charge is -2.48. The molecule has 0 radical (unpaired) electrons. The van der Waals surface area contributed by atoms with Gasteiger partial charge in [0.25, 0.3) is 0 Å². The van der Waals surface area contributed by atoms with Gasteiger partial charge in [-0.1, -0.05) is 36.4 Å². The molecule has 1 spiro atoms. The van der Waals surface area contributed by atoms with Gasteiger partial charge in [0, 0.05) is 55.3 Å². The van der Waals surface area contributed by atoms with Crippen LogP contribution in [0.4, 0.5) is 8.78 Å². The second kappa shape index (κ2) is 9.76. The number of pyridine rings is 1. The van der Waals surface area contributed by atoms with Gasteiger partial charge in [-0.05, 0) is 80.9 Å². The van der Waals surface area contributed by atoms with E-state index in [2.05, 4.69) is 46.6 Å². The first-order chi connectivity index (χ1) is 17.9. The Morgan fingerprint density at radius 2 is 1.92 bits per heavy atom. The summed E-state index contributed by atoms with van der Waals surface area (Å²) < 4.78 is 29.2. The number of hydrogen-bond acceptors (Lipinski definition) is 3. The van der Waals surface area contributed by atoms with Crippen molar-refractivity contribution in [3.8, 4) is 0 Å². The van der Waals surface area contributed by atoms with Crippen molar-refractivity contribution in [1.82, 2.24) is 15.2 Å². The average molecular weight is 508 g/mol. The lowest BCUT2D eigenvalue weighted by atomic mass is 9.64. The number of hydrogen-bond donors (Lipinski definition) is 1. The third-order valence-corrected chi connectivity index (χ3v) is 9.86. The molecule has 4 aliphatic rings. The van der Waals surface area contributed by atoms with Crippen molar-refractivity contribution >= 4 is 5.91 Å². The Labute approximate surface area is 219 Å². The van der Waals surface area contributed by atoms with E-state index in [1.54, 1.807) is 0 Å². The van der Waals surface area contributed by atoms with Gasteiger partial charge in [-0.2, -0.15) is 0 Å². The Balaban J connectivity index is 1.32. The van der Waals surface area contributed by atoms with Crippen LogP contribution < -0.4 is 5.32 Å². The molecule has 2 aliphatic carbocycles. The van der Waals surface area contributed by atoms with E-state index in [-0.39, 0.29) is 42.0 Å². The van der Waals surface area contributed by atoms with Gasteiger partial charge in [0.1, 0.15) is 0 Å². The topological polar surface area (TPSA) is 45.2 Å². The summed E-state index contributed by atoms with van der Waals surface area (Å²) in [6.07, 6.45) is 5.84. The second-order valence-electron chi connectivity index (χ2n) is 12.1. The molecule has 2 saturated heterocycles. The maximum Gasteiger partial charge on any atom is 0.248 e. The van der Waals surface area contributed by atoms with Crippen LogP contribution in [0.2, 0.25) is 0 Å². The van der Waals surface area contributed by atoms with E-state index in [1.807, 2.05) is 13.0 Å². The van der Waals surface area contributed by atoms with E-state index in [0.717, 1.165) is 56.5 Å². The van der Waals surface area contributed by atoms with Crippen molar-refractivity contribution in [2.75, 3.05) is 19.6 Å². The molecule has 2 aliphatic heterocycles. The minimum absolute atomic E-state index is 0.0227. The summed E-state index contributed by atoms with van der Waals surface area (Å²) in [6, 6.07) is 14.6. The number of aryl methyl sites for hydroxylation is 2. The predicted octanol–water partition coefficient (Wildman–Crippen LogP) is 5.78. The highest BCUT2D eigenvalue weighted by molar-refractivity contribution is 5.82. The van der Waals surface area contributed by atoms with Crippen LogP contribution in [0, 0.1) is 18.8 Å². The molecule has 1 saturated carbocycles. The molecular weight excluding hydrogens is 468 g/mol. The van der Waals surface area contributed by atoms with Crippen molar-refractivity contribution in [2.45, 2.75) is 88.0 Å². The van der Waals surface area contributed by atoms with Crippen LogP contribution in [-0.4, -0.2) is 47.4 Å². The number of halogens is 2. The number of nitrogens with zero attached hydrogens (tertiary/aromatic N) is 2. The molecule has 1 aromatic carbocycles. The number of carbonyl (C=O) groups is 1. The van der Waals surface area contributed by atoms with Gasteiger partial charge in [0.05, 0.1) is 5.92 Å². The Morgan fingerprint density at radius 1 is 1.08 bits per heavy atom. The summed E-state index contributed by atoms with van der Waals surface area (Å²) in [6.45, 7) is 4.11. The van der Waals surface area contributed by atoms with E-state index >= 15 is 0 Å². The van der Waals surface area contributed by atoms with Gasteiger partial charge in [-0.15, -0.1) is 0 Å². The number of rotatable bonds is 3. The Morgan fingerprint density at radius 3 is 2.73 bits per heavy atom. The van der Waals surface area contributed by atoms with Crippen LogP contribution in [0.25, 0.3) is 0 Å². The third kappa shape index (κ3) is 4.60. The zero-order valence-electron chi connectivity index (χ0n) is 21.9. The van der Waals surface area contributed by atoms with Gasteiger partial charge in [-0.3, -0.25) is 9.78 Å². The highest BCUT2D eigenvalue weighted by Gasteiger charge is 2.53. The van der Waals surface area contributed by atoms with Crippen LogP contribution in [0.15, 0.2) is 42.5 Å². The maximum absolute atomic E-state index is 14.6. The summed E-state index contributed by atoms with van der Waals surface area (Å²) >= 11 is 0. The van der Waals surface area contributed by atoms with Gasteiger partial charge < -0.3 is 10.2 Å². The Kier molecular flexibility index (Phi) is 6.58. The molecule has 1 N–H and O–H groups in total. The Bertz CT molecular complexity index is 1140. The number of aromatic nitrogens is 1. The van der Waals surface area contributed by atoms with Crippen LogP contribution in [0.1, 0.15) is 79.8 Å². The second-order valence-corrected chi connectivity index (χ2v) is 12.1. The van der Waals surface area contributed by atoms with Crippen molar-refractivity contribution in [3.05, 3.63) is 65.0 Å². The number of carbonyl (C=O) groups excluding carboxylic acids is 1. The fraction of sp³-hybridized carbons (Fsp3) is 0.613. The summed E-state index contributed by atoms with van der Waals surface area (Å²) in [7, 11) is 0. The highest BCUT2D eigenvalue weighted by Crippen LogP contribution is 2.48. The average Bonchev–Trinajstić information content (AvgIpc) is 3.31. The van der Waals surface area contributed by atoms with Crippen LogP contribution in [-0.2, 0) is 16.6 Å². The number of likely N-dealkylation sites (tertiary alicyclic amines) is 1. The lowest BCUT2D eigenvalue weighted by Crippen LogP contribution is -2.56. The largest absolute Gasteiger partial charge is 0.339 e. The van der Waals surface area contributed by atoms with E-state index in [1.165, 1.54) is 11.1 Å². The molecule has 4 nitrogen and oxygen atoms in total. The molecule has 3 heterocycles. The minimum Gasteiger partial charge on any atom is -0.339 e. The predicted molar refractivity (Wildman–Crippen MR) is 141 cm³/mol. The molecule has 5 atom stereocenters. The zero-order valence-corrected chi connectivity index (χ0v) is 21.9. The van der Waals surface area contributed by atoms with Crippen LogP contribution >= 0.6 is 0 Å². The first-order valence-corrected chi connectivity index (χ1v) is 14.3. The maximum atomic E-state index is 14.6. The van der Waals surface area contributed by atoms with E-state index in [4.69, 9.17) is 4.98 Å². The molecule has 3 fully saturated rings. The number of amides is 1. The molecule has 0 bridgehead atoms. The molecule has 2 aromatic rings. The number of benzene rings is 1. The standard InChI is InChI=1S/C31H39F2N3O/c1-21-11-12-25-27(35-21)10-6-14-30(25)20-34-19-26(30)29(37)36-16-13-23(22-7-3-2-4-8-22)17-28(36)24-9-5-15-31(32,33)18-24/h2-4,7-8,11-12,23-24,26,28,34H,5-6,9-10,13-20H2,1H3. The number of fused-ring (bicyclic) bond motifs is 2. The monoisotopic (exact) mass is 507 g/mol. The van der Waals surface area contributed by atoms with Crippen molar-refractivity contribution in [2.24, 2.45) is 11.8 Å². The summed E-state index contributed by atoms with van der Waals surface area (Å²) in [5.41, 5.74) is 4.41. The van der Waals surface area contributed by atoms with Crippen LogP contribution in [0.3, 0.4) is 0 Å². The molecule has 37 heavy (non-hydrogen) atoms. The van der Waals surface area contributed by atoms with Gasteiger partial charge in [-0.25, -0.2) is 8.78 Å². The fourth-order valence-electron chi connectivity index (χ4n) is 8.07. The summed E-state index contributed by atoms with van der Waals surface area (Å²) in [4.78, 5) is 21.4. The van der Waals surface area contributed by atoms with Crippen molar-refractivity contribution in [1.29, 1.82) is 0 Å². The van der Waals surface area contributed by atoms with Gasteiger partial charge in [0.15, 0.2) is 0 Å². The fourth-order valence-corrected chi connectivity index (χ4v) is 8.07. The van der Waals surface area contributed by atoms with E-state index in [0.29, 0.717) is 25.4 Å². The first kappa shape index (κ1) is 25.0.